The second kappa shape index (κ2) is 6.18. The number of anilines is 2. The molecule has 0 radical (unpaired) electrons. The zero-order valence-electron chi connectivity index (χ0n) is 13.0. The van der Waals surface area contributed by atoms with Crippen LogP contribution in [0.4, 0.5) is 11.6 Å². The van der Waals surface area contributed by atoms with E-state index < -0.39 is 0 Å². The first-order valence-corrected chi connectivity index (χ1v) is 7.75. The van der Waals surface area contributed by atoms with Gasteiger partial charge in [-0.3, -0.25) is 4.79 Å². The van der Waals surface area contributed by atoms with Crippen LogP contribution in [0.15, 0.2) is 12.1 Å². The van der Waals surface area contributed by atoms with Gasteiger partial charge >= 0.3 is 0 Å². The maximum absolute atomic E-state index is 11.6. The van der Waals surface area contributed by atoms with Crippen LogP contribution in [0.3, 0.4) is 0 Å². The van der Waals surface area contributed by atoms with Gasteiger partial charge in [0, 0.05) is 31.8 Å². The van der Waals surface area contributed by atoms with Gasteiger partial charge in [0.15, 0.2) is 17.4 Å². The third kappa shape index (κ3) is 3.20. The number of amides is 1. The van der Waals surface area contributed by atoms with Gasteiger partial charge in [-0.05, 0) is 12.1 Å². The maximum Gasteiger partial charge on any atom is 0.228 e. The van der Waals surface area contributed by atoms with Gasteiger partial charge in [0.2, 0.25) is 5.91 Å². The fourth-order valence-electron chi connectivity index (χ4n) is 2.69. The SMILES string of the molecule is CC(C)C(=O)Nc1ccc(N2CCC3(CC2)OCCO3)nn1. The average molecular weight is 306 g/mol. The van der Waals surface area contributed by atoms with E-state index in [1.54, 1.807) is 6.07 Å². The second-order valence-electron chi connectivity index (χ2n) is 6.02. The summed E-state index contributed by atoms with van der Waals surface area (Å²) >= 11 is 0. The molecule has 1 aromatic heterocycles. The lowest BCUT2D eigenvalue weighted by Gasteiger charge is -2.37. The summed E-state index contributed by atoms with van der Waals surface area (Å²) in [5.41, 5.74) is 0. The Morgan fingerprint density at radius 1 is 1.23 bits per heavy atom. The van der Waals surface area contributed by atoms with Gasteiger partial charge in [-0.25, -0.2) is 0 Å². The number of hydrogen-bond donors (Lipinski definition) is 1. The van der Waals surface area contributed by atoms with E-state index in [-0.39, 0.29) is 17.6 Å². The molecule has 0 bridgehead atoms. The number of hydrogen-bond acceptors (Lipinski definition) is 6. The van der Waals surface area contributed by atoms with Crippen molar-refractivity contribution in [2.45, 2.75) is 32.5 Å². The zero-order chi connectivity index (χ0) is 15.6. The van der Waals surface area contributed by atoms with E-state index in [1.165, 1.54) is 0 Å². The number of aromatic nitrogens is 2. The molecule has 3 rings (SSSR count). The molecule has 3 heterocycles. The van der Waals surface area contributed by atoms with E-state index in [0.717, 1.165) is 31.7 Å². The summed E-state index contributed by atoms with van der Waals surface area (Å²) in [5.74, 6) is 0.784. The topological polar surface area (TPSA) is 76.6 Å². The van der Waals surface area contributed by atoms with Crippen molar-refractivity contribution in [2.24, 2.45) is 5.92 Å². The second-order valence-corrected chi connectivity index (χ2v) is 6.02. The van der Waals surface area contributed by atoms with Gasteiger partial charge in [0.05, 0.1) is 13.2 Å². The van der Waals surface area contributed by atoms with Gasteiger partial charge in [0.25, 0.3) is 0 Å². The summed E-state index contributed by atoms with van der Waals surface area (Å²) in [6.07, 6.45) is 1.67. The Morgan fingerprint density at radius 2 is 1.91 bits per heavy atom. The largest absolute Gasteiger partial charge is 0.355 e. The van der Waals surface area contributed by atoms with E-state index in [0.29, 0.717) is 19.0 Å². The molecule has 0 aliphatic carbocycles. The molecule has 2 aliphatic heterocycles. The molecular weight excluding hydrogens is 284 g/mol. The minimum absolute atomic E-state index is 0.0579. The molecule has 0 saturated carbocycles. The Labute approximate surface area is 130 Å². The minimum atomic E-state index is -0.380. The Kier molecular flexibility index (Phi) is 4.26. The highest BCUT2D eigenvalue weighted by Gasteiger charge is 2.40. The quantitative estimate of drug-likeness (QED) is 0.910. The Hall–Kier alpha value is -1.73. The molecule has 1 amide bonds. The molecule has 1 aromatic rings. The zero-order valence-corrected chi connectivity index (χ0v) is 13.0. The van der Waals surface area contributed by atoms with Crippen molar-refractivity contribution in [2.75, 3.05) is 36.5 Å². The summed E-state index contributed by atoms with van der Waals surface area (Å²) in [4.78, 5) is 13.8. The van der Waals surface area contributed by atoms with Crippen molar-refractivity contribution in [1.82, 2.24) is 10.2 Å². The van der Waals surface area contributed by atoms with Crippen LogP contribution in [0.5, 0.6) is 0 Å². The van der Waals surface area contributed by atoms with E-state index in [2.05, 4.69) is 20.4 Å². The van der Waals surface area contributed by atoms with Crippen molar-refractivity contribution in [3.63, 3.8) is 0 Å². The predicted octanol–water partition coefficient (Wildman–Crippen LogP) is 1.41. The average Bonchev–Trinajstić information content (AvgIpc) is 2.97. The molecule has 22 heavy (non-hydrogen) atoms. The summed E-state index contributed by atoms with van der Waals surface area (Å²) < 4.78 is 11.4. The molecule has 1 N–H and O–H groups in total. The van der Waals surface area contributed by atoms with E-state index in [1.807, 2.05) is 19.9 Å². The molecule has 7 heteroatoms. The van der Waals surface area contributed by atoms with Crippen LogP contribution in [0, 0.1) is 5.92 Å². The van der Waals surface area contributed by atoms with Crippen molar-refractivity contribution < 1.29 is 14.3 Å². The molecule has 2 aliphatic rings. The number of carbonyl (C=O) groups excluding carboxylic acids is 1. The van der Waals surface area contributed by atoms with Crippen LogP contribution in [0.25, 0.3) is 0 Å². The predicted molar refractivity (Wildman–Crippen MR) is 81.6 cm³/mol. The van der Waals surface area contributed by atoms with Crippen LogP contribution >= 0.6 is 0 Å². The number of carbonyl (C=O) groups is 1. The molecule has 120 valence electrons. The summed E-state index contributed by atoms with van der Waals surface area (Å²) in [6, 6.07) is 3.67. The summed E-state index contributed by atoms with van der Waals surface area (Å²) in [7, 11) is 0. The van der Waals surface area contributed by atoms with E-state index in [9.17, 15) is 4.79 Å². The first-order valence-electron chi connectivity index (χ1n) is 7.75. The third-order valence-electron chi connectivity index (χ3n) is 4.09. The summed E-state index contributed by atoms with van der Waals surface area (Å²) in [5, 5.41) is 11.0. The first kappa shape index (κ1) is 15.2. The van der Waals surface area contributed by atoms with Crippen molar-refractivity contribution >= 4 is 17.5 Å². The van der Waals surface area contributed by atoms with Crippen LogP contribution < -0.4 is 10.2 Å². The normalized spacial score (nSPS) is 20.6. The smallest absolute Gasteiger partial charge is 0.228 e. The highest BCUT2D eigenvalue weighted by molar-refractivity contribution is 5.91. The van der Waals surface area contributed by atoms with Crippen molar-refractivity contribution in [1.29, 1.82) is 0 Å². The fraction of sp³-hybridized carbons (Fsp3) is 0.667. The number of piperidine rings is 1. The van der Waals surface area contributed by atoms with E-state index >= 15 is 0 Å². The van der Waals surface area contributed by atoms with Gasteiger partial charge in [-0.15, -0.1) is 10.2 Å². The molecule has 0 unspecified atom stereocenters. The molecule has 0 atom stereocenters. The van der Waals surface area contributed by atoms with Crippen LogP contribution in [-0.2, 0) is 14.3 Å². The monoisotopic (exact) mass is 306 g/mol. The highest BCUT2D eigenvalue weighted by Crippen LogP contribution is 2.32. The Morgan fingerprint density at radius 3 is 2.45 bits per heavy atom. The van der Waals surface area contributed by atoms with Crippen LogP contribution in [0.2, 0.25) is 0 Å². The van der Waals surface area contributed by atoms with Crippen molar-refractivity contribution in [3.05, 3.63) is 12.1 Å². The third-order valence-corrected chi connectivity index (χ3v) is 4.09. The fourth-order valence-corrected chi connectivity index (χ4v) is 2.69. The number of ether oxygens (including phenoxy) is 2. The van der Waals surface area contributed by atoms with Gasteiger partial charge in [-0.2, -0.15) is 0 Å². The molecule has 0 aromatic carbocycles. The number of rotatable bonds is 3. The van der Waals surface area contributed by atoms with Gasteiger partial charge < -0.3 is 19.7 Å². The summed E-state index contributed by atoms with van der Waals surface area (Å²) in [6.45, 7) is 6.70. The van der Waals surface area contributed by atoms with Gasteiger partial charge in [0.1, 0.15) is 0 Å². The lowest BCUT2D eigenvalue weighted by atomic mass is 10.0. The molecule has 2 fully saturated rings. The Bertz CT molecular complexity index is 516. The van der Waals surface area contributed by atoms with Crippen LogP contribution in [0.1, 0.15) is 26.7 Å². The lowest BCUT2D eigenvalue weighted by molar-refractivity contribution is -0.169. The van der Waals surface area contributed by atoms with Crippen LogP contribution in [-0.4, -0.2) is 48.2 Å². The first-order chi connectivity index (χ1) is 10.6. The number of nitrogens with one attached hydrogen (secondary N) is 1. The molecular formula is C15H22N4O3. The lowest BCUT2D eigenvalue weighted by Crippen LogP contribution is -2.45. The number of nitrogens with zero attached hydrogens (tertiary/aromatic N) is 3. The minimum Gasteiger partial charge on any atom is -0.355 e. The highest BCUT2D eigenvalue weighted by atomic mass is 16.7. The molecule has 2 saturated heterocycles. The van der Waals surface area contributed by atoms with E-state index in [4.69, 9.17) is 9.47 Å². The molecule has 7 nitrogen and oxygen atoms in total. The standard InChI is InChI=1S/C15H22N4O3/c1-11(2)14(20)16-12-3-4-13(18-17-12)19-7-5-15(6-8-19)21-9-10-22-15/h3-4,11H,5-10H2,1-2H3,(H,16,17,20). The van der Waals surface area contributed by atoms with Crippen molar-refractivity contribution in [3.8, 4) is 0 Å². The molecule has 1 spiro atoms. The maximum atomic E-state index is 11.6. The Balaban J connectivity index is 1.58. The van der Waals surface area contributed by atoms with Gasteiger partial charge in [-0.1, -0.05) is 13.8 Å².